The van der Waals surface area contributed by atoms with Crippen molar-refractivity contribution in [1.82, 2.24) is 4.57 Å². The minimum atomic E-state index is -3.50. The molecule has 3 N–H and O–H groups in total. The molecule has 0 unspecified atom stereocenters. The molecule has 1 aromatic carbocycles. The van der Waals surface area contributed by atoms with Gasteiger partial charge in [0.05, 0.1) is 5.75 Å². The highest BCUT2D eigenvalue weighted by molar-refractivity contribution is 7.88. The highest BCUT2D eigenvalue weighted by atomic mass is 32.2. The molecule has 0 amide bonds. The van der Waals surface area contributed by atoms with Gasteiger partial charge in [-0.3, -0.25) is 0 Å². The van der Waals surface area contributed by atoms with Gasteiger partial charge in [-0.1, -0.05) is 12.1 Å². The molecule has 0 radical (unpaired) electrons. The fourth-order valence-electron chi connectivity index (χ4n) is 2.00. The molecule has 0 saturated carbocycles. The third-order valence-electron chi connectivity index (χ3n) is 2.99. The number of rotatable bonds is 5. The van der Waals surface area contributed by atoms with Crippen molar-refractivity contribution in [2.45, 2.75) is 12.3 Å². The van der Waals surface area contributed by atoms with Crippen LogP contribution in [-0.2, 0) is 29.4 Å². The van der Waals surface area contributed by atoms with E-state index in [0.29, 0.717) is 17.8 Å². The Labute approximate surface area is 123 Å². The number of nitriles is 1. The average Bonchev–Trinajstić information content (AvgIpc) is 2.77. The summed E-state index contributed by atoms with van der Waals surface area (Å²) in [5.41, 5.74) is 3.13. The summed E-state index contributed by atoms with van der Waals surface area (Å²) in [6.45, 7) is 0.587. The topological polar surface area (TPSA) is 101 Å². The number of sulfonamides is 1. The molecule has 1 heterocycles. The number of anilines is 1. The molecule has 1 aromatic heterocycles. The van der Waals surface area contributed by atoms with E-state index in [4.69, 9.17) is 10.4 Å². The van der Waals surface area contributed by atoms with Crippen LogP contribution in [0.1, 0.15) is 16.8 Å². The number of hydrogen-bond acceptors (Lipinski definition) is 4. The number of nitrogens with zero attached hydrogens (tertiary/aromatic N) is 2. The minimum Gasteiger partial charge on any atom is -0.381 e. The van der Waals surface area contributed by atoms with Crippen molar-refractivity contribution in [1.29, 1.82) is 5.26 Å². The van der Waals surface area contributed by atoms with E-state index in [1.165, 1.54) is 0 Å². The van der Waals surface area contributed by atoms with Crippen LogP contribution in [-0.4, -0.2) is 13.0 Å². The van der Waals surface area contributed by atoms with Crippen LogP contribution < -0.4 is 10.5 Å². The van der Waals surface area contributed by atoms with Crippen LogP contribution in [0.4, 0.5) is 5.69 Å². The summed E-state index contributed by atoms with van der Waals surface area (Å²) in [5.74, 6) is -0.169. The Bertz CT molecular complexity index is 770. The van der Waals surface area contributed by atoms with E-state index in [1.807, 2.05) is 19.3 Å². The molecule has 2 rings (SSSR count). The van der Waals surface area contributed by atoms with Gasteiger partial charge in [-0.05, 0) is 29.3 Å². The lowest BCUT2D eigenvalue weighted by molar-refractivity contribution is 0.597. The van der Waals surface area contributed by atoms with Gasteiger partial charge in [0.1, 0.15) is 11.8 Å². The van der Waals surface area contributed by atoms with Crippen LogP contribution in [0.15, 0.2) is 36.5 Å². The second kappa shape index (κ2) is 5.99. The summed E-state index contributed by atoms with van der Waals surface area (Å²) in [4.78, 5) is 0. The molecule has 0 spiro atoms. The molecular formula is C14H16N4O2S. The number of benzene rings is 1. The molecule has 0 aliphatic carbocycles. The predicted octanol–water partition coefficient (Wildman–Crippen LogP) is 1.30. The summed E-state index contributed by atoms with van der Waals surface area (Å²) in [7, 11) is -1.68. The lowest BCUT2D eigenvalue weighted by Gasteiger charge is -2.06. The Morgan fingerprint density at radius 2 is 1.95 bits per heavy atom. The van der Waals surface area contributed by atoms with Crippen molar-refractivity contribution in [3.8, 4) is 6.07 Å². The number of nitrogens with one attached hydrogen (secondary N) is 1. The molecule has 6 nitrogen and oxygen atoms in total. The van der Waals surface area contributed by atoms with Crippen molar-refractivity contribution in [2.75, 3.05) is 5.32 Å². The van der Waals surface area contributed by atoms with E-state index in [2.05, 4.69) is 11.4 Å². The zero-order valence-corrected chi connectivity index (χ0v) is 12.4. The minimum absolute atomic E-state index is 0.169. The molecule has 0 bridgehead atoms. The van der Waals surface area contributed by atoms with Crippen LogP contribution in [0.3, 0.4) is 0 Å². The molecule has 7 heteroatoms. The first-order valence-electron chi connectivity index (χ1n) is 6.26. The molecular weight excluding hydrogens is 288 g/mol. The first kappa shape index (κ1) is 15.1. The third-order valence-corrected chi connectivity index (χ3v) is 3.73. The first-order valence-corrected chi connectivity index (χ1v) is 7.97. The summed E-state index contributed by atoms with van der Waals surface area (Å²) in [6, 6.07) is 11.0. The zero-order valence-electron chi connectivity index (χ0n) is 11.6. The molecule has 2 aromatic rings. The Morgan fingerprint density at radius 3 is 2.48 bits per heavy atom. The standard InChI is InChI=1S/C14H16N4O2S/c1-18-9-12(6-14(18)7-15)8-17-13-4-2-11(3-5-13)10-21(16,19)20/h2-6,9,17H,8,10H2,1H3,(H2,16,19,20). The Hall–Kier alpha value is -2.30. The van der Waals surface area contributed by atoms with Gasteiger partial charge < -0.3 is 9.88 Å². The summed E-state index contributed by atoms with van der Waals surface area (Å²) < 4.78 is 23.8. The van der Waals surface area contributed by atoms with Gasteiger partial charge in [0.2, 0.25) is 10.0 Å². The van der Waals surface area contributed by atoms with Crippen LogP contribution >= 0.6 is 0 Å². The Kier molecular flexibility index (Phi) is 4.31. The third kappa shape index (κ3) is 4.34. The predicted molar refractivity (Wildman–Crippen MR) is 80.7 cm³/mol. The highest BCUT2D eigenvalue weighted by Gasteiger charge is 2.05. The molecule has 110 valence electrons. The van der Waals surface area contributed by atoms with E-state index in [9.17, 15) is 8.42 Å². The van der Waals surface area contributed by atoms with Crippen LogP contribution in [0.25, 0.3) is 0 Å². The molecule has 0 aliphatic rings. The van der Waals surface area contributed by atoms with Gasteiger partial charge in [-0.25, -0.2) is 13.6 Å². The number of aryl methyl sites for hydroxylation is 1. The fourth-order valence-corrected chi connectivity index (χ4v) is 2.65. The van der Waals surface area contributed by atoms with E-state index < -0.39 is 10.0 Å². The average molecular weight is 304 g/mol. The number of hydrogen-bond donors (Lipinski definition) is 2. The van der Waals surface area contributed by atoms with Gasteiger partial charge in [-0.15, -0.1) is 0 Å². The van der Waals surface area contributed by atoms with Gasteiger partial charge in [0.25, 0.3) is 0 Å². The largest absolute Gasteiger partial charge is 0.381 e. The van der Waals surface area contributed by atoms with Gasteiger partial charge in [-0.2, -0.15) is 5.26 Å². The van der Waals surface area contributed by atoms with Crippen molar-refractivity contribution < 1.29 is 8.42 Å². The van der Waals surface area contributed by atoms with E-state index in [0.717, 1.165) is 11.3 Å². The Morgan fingerprint density at radius 1 is 1.29 bits per heavy atom. The van der Waals surface area contributed by atoms with E-state index in [-0.39, 0.29) is 5.75 Å². The van der Waals surface area contributed by atoms with Crippen LogP contribution in [0, 0.1) is 11.3 Å². The smallest absolute Gasteiger partial charge is 0.213 e. The van der Waals surface area contributed by atoms with Gasteiger partial charge in [0.15, 0.2) is 0 Å². The van der Waals surface area contributed by atoms with Gasteiger partial charge >= 0.3 is 0 Å². The first-order chi connectivity index (χ1) is 9.87. The highest BCUT2D eigenvalue weighted by Crippen LogP contribution is 2.13. The lowest BCUT2D eigenvalue weighted by atomic mass is 10.2. The second-order valence-electron chi connectivity index (χ2n) is 4.81. The monoisotopic (exact) mass is 304 g/mol. The van der Waals surface area contributed by atoms with Crippen LogP contribution in [0.2, 0.25) is 0 Å². The lowest BCUT2D eigenvalue weighted by Crippen LogP contribution is -2.14. The quantitative estimate of drug-likeness (QED) is 0.869. The number of nitrogens with two attached hydrogens (primary N) is 1. The van der Waals surface area contributed by atoms with Gasteiger partial charge in [0, 0.05) is 25.5 Å². The van der Waals surface area contributed by atoms with Crippen molar-refractivity contribution >= 4 is 15.7 Å². The molecule has 0 atom stereocenters. The van der Waals surface area contributed by atoms with E-state index in [1.54, 1.807) is 28.8 Å². The maximum atomic E-state index is 11.0. The molecule has 21 heavy (non-hydrogen) atoms. The normalized spacial score (nSPS) is 11.1. The Balaban J connectivity index is 1.99. The molecule has 0 saturated heterocycles. The maximum Gasteiger partial charge on any atom is 0.213 e. The van der Waals surface area contributed by atoms with Crippen molar-refractivity contribution in [3.63, 3.8) is 0 Å². The van der Waals surface area contributed by atoms with Crippen molar-refractivity contribution in [3.05, 3.63) is 53.3 Å². The summed E-state index contributed by atoms with van der Waals surface area (Å²) in [6.07, 6.45) is 1.89. The molecule has 0 aliphatic heterocycles. The zero-order chi connectivity index (χ0) is 15.5. The number of primary sulfonamides is 1. The molecule has 0 fully saturated rings. The SMILES string of the molecule is Cn1cc(CNc2ccc(CS(N)(=O)=O)cc2)cc1C#N. The van der Waals surface area contributed by atoms with E-state index >= 15 is 0 Å². The second-order valence-corrected chi connectivity index (χ2v) is 6.43. The maximum absolute atomic E-state index is 11.0. The van der Waals surface area contributed by atoms with Crippen molar-refractivity contribution in [2.24, 2.45) is 12.2 Å². The summed E-state index contributed by atoms with van der Waals surface area (Å²) in [5, 5.41) is 17.1. The fraction of sp³-hybridized carbons (Fsp3) is 0.214. The number of aromatic nitrogens is 1. The van der Waals surface area contributed by atoms with Crippen LogP contribution in [0.5, 0.6) is 0 Å². The summed E-state index contributed by atoms with van der Waals surface area (Å²) >= 11 is 0.